The van der Waals surface area contributed by atoms with Crippen molar-refractivity contribution < 1.29 is 37.5 Å². The summed E-state index contributed by atoms with van der Waals surface area (Å²) >= 11 is 0. The van der Waals surface area contributed by atoms with Gasteiger partial charge in [0, 0.05) is 19.2 Å². The average molecular weight is 707 g/mol. The van der Waals surface area contributed by atoms with Crippen LogP contribution in [0.5, 0.6) is 11.5 Å². The Morgan fingerprint density at radius 3 is 1.86 bits per heavy atom. The molecule has 10 nitrogen and oxygen atoms in total. The van der Waals surface area contributed by atoms with E-state index in [1.807, 2.05) is 74.6 Å². The summed E-state index contributed by atoms with van der Waals surface area (Å²) in [7, 11) is 5.36. The van der Waals surface area contributed by atoms with Crippen LogP contribution in [0.3, 0.4) is 0 Å². The first kappa shape index (κ1) is 39.7. The smallest absolute Gasteiger partial charge is 0.259 e. The molecule has 0 saturated carbocycles. The Hall–Kier alpha value is -3.04. The highest BCUT2D eigenvalue weighted by Gasteiger charge is 2.49. The fourth-order valence-corrected chi connectivity index (χ4v) is 8.12. The molecule has 0 bridgehead atoms. The molecule has 0 spiro atoms. The number of nitriles is 1. The first-order chi connectivity index (χ1) is 24.2. The summed E-state index contributed by atoms with van der Waals surface area (Å²) in [5.41, 5.74) is 1.74. The molecule has 0 radical (unpaired) electrons. The first-order valence-electron chi connectivity index (χ1n) is 17.2. The van der Waals surface area contributed by atoms with Crippen molar-refractivity contribution in [2.24, 2.45) is 0 Å². The van der Waals surface area contributed by atoms with Crippen molar-refractivity contribution in [1.82, 2.24) is 4.67 Å². The van der Waals surface area contributed by atoms with E-state index in [4.69, 9.17) is 37.5 Å². The van der Waals surface area contributed by atoms with E-state index in [0.29, 0.717) is 13.2 Å². The lowest BCUT2D eigenvalue weighted by molar-refractivity contribution is -0.0743. The van der Waals surface area contributed by atoms with E-state index in [-0.39, 0.29) is 37.7 Å². The molecular formula is C38H52BN2O8P. The summed E-state index contributed by atoms with van der Waals surface area (Å²) in [4.78, 5) is 0. The number of hydrogen-bond donors (Lipinski definition) is 0. The Balaban J connectivity index is 1.79. The van der Waals surface area contributed by atoms with Crippen LogP contribution in [-0.2, 0) is 33.6 Å². The van der Waals surface area contributed by atoms with Gasteiger partial charge >= 0.3 is 0 Å². The van der Waals surface area contributed by atoms with E-state index < -0.39 is 32.4 Å². The summed E-state index contributed by atoms with van der Waals surface area (Å²) in [5.74, 6) is 1.49. The van der Waals surface area contributed by atoms with Crippen molar-refractivity contribution in [3.8, 4) is 17.6 Å². The SMILES string of the molecule is B[C@@H]1O[C@H](COC(c2ccccc2)(c2ccc(OC)cc2)c2ccc(OC)cc2)[C@@H](OP(OCCC#N)N(C(C)C)C(C)C)[C@H]1OCCOC. The highest BCUT2D eigenvalue weighted by atomic mass is 31.2. The van der Waals surface area contributed by atoms with Crippen LogP contribution in [-0.4, -0.2) is 96.7 Å². The zero-order valence-corrected chi connectivity index (χ0v) is 31.5. The van der Waals surface area contributed by atoms with Gasteiger partial charge in [-0.05, 0) is 68.7 Å². The van der Waals surface area contributed by atoms with Gasteiger partial charge in [0.15, 0.2) is 0 Å². The van der Waals surface area contributed by atoms with Gasteiger partial charge in [0.25, 0.3) is 8.53 Å². The minimum Gasteiger partial charge on any atom is -0.497 e. The van der Waals surface area contributed by atoms with E-state index in [0.717, 1.165) is 28.2 Å². The van der Waals surface area contributed by atoms with Crippen molar-refractivity contribution in [2.75, 3.05) is 47.8 Å². The summed E-state index contributed by atoms with van der Waals surface area (Å²) < 4.78 is 52.1. The summed E-state index contributed by atoms with van der Waals surface area (Å²) in [6.45, 7) is 9.69. The van der Waals surface area contributed by atoms with Crippen molar-refractivity contribution >= 4 is 16.4 Å². The van der Waals surface area contributed by atoms with Crippen LogP contribution in [0.15, 0.2) is 78.9 Å². The molecule has 1 heterocycles. The lowest BCUT2D eigenvalue weighted by Gasteiger charge is -2.39. The maximum atomic E-state index is 9.29. The number of ether oxygens (including phenoxy) is 6. The largest absolute Gasteiger partial charge is 0.497 e. The summed E-state index contributed by atoms with van der Waals surface area (Å²) in [6.07, 6.45) is -1.23. The molecule has 5 atom stereocenters. The van der Waals surface area contributed by atoms with Crippen LogP contribution in [0.4, 0.5) is 0 Å². The van der Waals surface area contributed by atoms with Crippen LogP contribution in [0.2, 0.25) is 0 Å². The molecule has 1 aliphatic heterocycles. The predicted molar refractivity (Wildman–Crippen MR) is 197 cm³/mol. The highest BCUT2D eigenvalue weighted by molar-refractivity contribution is 7.44. The van der Waals surface area contributed by atoms with Gasteiger partial charge in [-0.2, -0.15) is 5.26 Å². The van der Waals surface area contributed by atoms with Gasteiger partial charge in [-0.15, -0.1) is 0 Å². The van der Waals surface area contributed by atoms with Gasteiger partial charge in [-0.25, -0.2) is 4.67 Å². The summed E-state index contributed by atoms with van der Waals surface area (Å²) in [6, 6.07) is 28.2. The average Bonchev–Trinajstić information content (AvgIpc) is 3.42. The van der Waals surface area contributed by atoms with E-state index in [1.54, 1.807) is 21.3 Å². The van der Waals surface area contributed by atoms with Crippen LogP contribution in [0.1, 0.15) is 50.8 Å². The topological polar surface area (TPSA) is 101 Å². The minimum absolute atomic E-state index is 0.126. The van der Waals surface area contributed by atoms with Gasteiger partial charge in [0.1, 0.15) is 43.3 Å². The second-order valence-corrected chi connectivity index (χ2v) is 14.0. The lowest BCUT2D eigenvalue weighted by atomic mass is 9.80. The number of nitrogens with zero attached hydrogens (tertiary/aromatic N) is 2. The zero-order valence-electron chi connectivity index (χ0n) is 30.6. The standard InChI is InChI=1S/C38H52BN2O8P/c1-27(2)41(28(3)4)50(47-23-11-22-40)49-35-34(48-37(39)36(35)45-25-24-42-5)26-46-38(29-12-9-8-10-13-29,30-14-18-32(43-6)19-15-30)31-16-20-33(44-7)21-17-31/h8-10,12-21,27-28,34-37H,11,23-26,39H2,1-7H3/t34-,35-,36-,37-,50?/m1/s1. The first-order valence-corrected chi connectivity index (χ1v) is 18.3. The summed E-state index contributed by atoms with van der Waals surface area (Å²) in [5, 5.41) is 9.29. The Morgan fingerprint density at radius 1 is 0.800 bits per heavy atom. The third kappa shape index (κ3) is 9.64. The molecule has 4 rings (SSSR count). The molecule has 0 amide bonds. The predicted octanol–water partition coefficient (Wildman–Crippen LogP) is 6.06. The molecule has 0 N–H and O–H groups in total. The monoisotopic (exact) mass is 706 g/mol. The van der Waals surface area contributed by atoms with Crippen LogP contribution in [0, 0.1) is 11.3 Å². The van der Waals surface area contributed by atoms with Gasteiger partial charge in [-0.1, -0.05) is 54.6 Å². The van der Waals surface area contributed by atoms with Gasteiger partial charge < -0.3 is 37.5 Å². The van der Waals surface area contributed by atoms with Gasteiger partial charge in [0.2, 0.25) is 0 Å². The number of rotatable bonds is 20. The Morgan fingerprint density at radius 2 is 1.36 bits per heavy atom. The molecule has 1 unspecified atom stereocenters. The van der Waals surface area contributed by atoms with Gasteiger partial charge in [0.05, 0.1) is 59.1 Å². The van der Waals surface area contributed by atoms with E-state index >= 15 is 0 Å². The number of hydrogen-bond acceptors (Lipinski definition) is 10. The minimum atomic E-state index is -1.59. The fourth-order valence-electron chi connectivity index (χ4n) is 6.35. The highest BCUT2D eigenvalue weighted by Crippen LogP contribution is 2.50. The van der Waals surface area contributed by atoms with E-state index in [1.165, 1.54) is 0 Å². The number of benzene rings is 3. The van der Waals surface area contributed by atoms with Crippen LogP contribution in [0.25, 0.3) is 0 Å². The second-order valence-electron chi connectivity index (χ2n) is 12.6. The maximum absolute atomic E-state index is 9.29. The van der Waals surface area contributed by atoms with Crippen molar-refractivity contribution in [1.29, 1.82) is 5.26 Å². The molecule has 12 heteroatoms. The van der Waals surface area contributed by atoms with Crippen molar-refractivity contribution in [2.45, 2.75) is 76.1 Å². The van der Waals surface area contributed by atoms with Crippen molar-refractivity contribution in [3.63, 3.8) is 0 Å². The second kappa shape index (κ2) is 19.5. The Bertz CT molecular complexity index is 1400. The Kier molecular flexibility index (Phi) is 15.5. The molecule has 270 valence electrons. The molecule has 0 aliphatic carbocycles. The molecule has 1 saturated heterocycles. The zero-order chi connectivity index (χ0) is 36.1. The quantitative estimate of drug-likeness (QED) is 0.0597. The lowest BCUT2D eigenvalue weighted by Crippen LogP contribution is -2.43. The van der Waals surface area contributed by atoms with Crippen LogP contribution < -0.4 is 9.47 Å². The molecule has 0 aromatic heterocycles. The molecule has 1 fully saturated rings. The third-order valence-electron chi connectivity index (χ3n) is 8.65. The molecule has 50 heavy (non-hydrogen) atoms. The number of methoxy groups -OCH3 is 3. The third-order valence-corrected chi connectivity index (χ3v) is 10.8. The molecular weight excluding hydrogens is 654 g/mol. The van der Waals surface area contributed by atoms with E-state index in [2.05, 4.69) is 50.6 Å². The van der Waals surface area contributed by atoms with Gasteiger partial charge in [-0.3, -0.25) is 0 Å². The Labute approximate surface area is 300 Å². The fraction of sp³-hybridized carbons (Fsp3) is 0.500. The molecule has 1 aliphatic rings. The van der Waals surface area contributed by atoms with Crippen LogP contribution >= 0.6 is 8.53 Å². The van der Waals surface area contributed by atoms with E-state index in [9.17, 15) is 5.26 Å². The van der Waals surface area contributed by atoms with Crippen molar-refractivity contribution in [3.05, 3.63) is 95.6 Å². The molecule has 3 aromatic rings. The normalized spacial score (nSPS) is 19.9. The maximum Gasteiger partial charge on any atom is 0.259 e. The molecule has 3 aromatic carbocycles.